The highest BCUT2D eigenvalue weighted by atomic mass is 35.5. The number of rotatable bonds is 2. The Hall–Kier alpha value is -1.07. The number of carbonyl (C=O) groups excluding carboxylic acids is 1. The quantitative estimate of drug-likeness (QED) is 0.859. The van der Waals surface area contributed by atoms with E-state index in [0.29, 0.717) is 17.0 Å². The minimum absolute atomic E-state index is 0. The van der Waals surface area contributed by atoms with Crippen LogP contribution in [0.25, 0.3) is 0 Å². The number of amides is 1. The van der Waals surface area contributed by atoms with E-state index in [1.165, 1.54) is 0 Å². The van der Waals surface area contributed by atoms with Crippen LogP contribution in [-0.2, 0) is 0 Å². The Morgan fingerprint density at radius 2 is 2.00 bits per heavy atom. The maximum absolute atomic E-state index is 12.2. The fraction of sp³-hybridized carbons (Fsp3) is 0.667. The summed E-state index contributed by atoms with van der Waals surface area (Å²) in [6.45, 7) is 7.52. The lowest BCUT2D eigenvalue weighted by molar-refractivity contribution is 0.0885. The summed E-state index contributed by atoms with van der Waals surface area (Å²) in [6, 6.07) is 0. The van der Waals surface area contributed by atoms with Gasteiger partial charge in [-0.15, -0.1) is 12.4 Å². The van der Waals surface area contributed by atoms with E-state index in [9.17, 15) is 4.79 Å². The van der Waals surface area contributed by atoms with E-state index in [4.69, 9.17) is 4.52 Å². The summed E-state index contributed by atoms with van der Waals surface area (Å²) < 4.78 is 5.02. The Kier molecular flexibility index (Phi) is 4.76. The summed E-state index contributed by atoms with van der Waals surface area (Å²) in [4.78, 5) is 12.2. The summed E-state index contributed by atoms with van der Waals surface area (Å²) in [5, 5.41) is 10.2. The third-order valence-corrected chi connectivity index (χ3v) is 3.38. The second kappa shape index (κ2) is 5.71. The smallest absolute Gasteiger partial charge is 0.257 e. The molecule has 6 heteroatoms. The molecule has 1 saturated heterocycles. The van der Waals surface area contributed by atoms with Crippen LogP contribution in [0.3, 0.4) is 0 Å². The van der Waals surface area contributed by atoms with Crippen LogP contribution >= 0.6 is 12.4 Å². The normalized spacial score (nSPS) is 17.9. The Labute approximate surface area is 113 Å². The number of carbonyl (C=O) groups is 1. The van der Waals surface area contributed by atoms with Crippen molar-refractivity contribution in [3.05, 3.63) is 17.0 Å². The Morgan fingerprint density at radius 3 is 2.50 bits per heavy atom. The Morgan fingerprint density at radius 1 is 1.39 bits per heavy atom. The molecule has 102 valence electrons. The SMILES string of the molecule is Cc1noc(C)c1C(=O)NC1(C)CCNCC1.Cl. The molecule has 5 nitrogen and oxygen atoms in total. The number of piperidine rings is 1. The van der Waals surface area contributed by atoms with Gasteiger partial charge in [0.15, 0.2) is 0 Å². The third-order valence-electron chi connectivity index (χ3n) is 3.38. The Bertz CT molecular complexity index is 405. The number of aromatic nitrogens is 1. The zero-order valence-corrected chi connectivity index (χ0v) is 11.8. The molecule has 0 atom stereocenters. The first-order valence-corrected chi connectivity index (χ1v) is 5.98. The van der Waals surface area contributed by atoms with Crippen LogP contribution in [0.15, 0.2) is 4.52 Å². The molecule has 0 bridgehead atoms. The highest BCUT2D eigenvalue weighted by Crippen LogP contribution is 2.19. The number of nitrogens with zero attached hydrogens (tertiary/aromatic N) is 1. The first-order chi connectivity index (χ1) is 8.02. The van der Waals surface area contributed by atoms with Gasteiger partial charge < -0.3 is 15.2 Å². The third kappa shape index (κ3) is 3.03. The molecule has 0 radical (unpaired) electrons. The average molecular weight is 274 g/mol. The predicted molar refractivity (Wildman–Crippen MR) is 71.2 cm³/mol. The molecule has 1 aromatic rings. The maximum atomic E-state index is 12.2. The molecule has 2 heterocycles. The van der Waals surface area contributed by atoms with Crippen molar-refractivity contribution in [2.45, 2.75) is 39.2 Å². The minimum Gasteiger partial charge on any atom is -0.361 e. The van der Waals surface area contributed by atoms with E-state index >= 15 is 0 Å². The second-order valence-corrected chi connectivity index (χ2v) is 4.96. The summed E-state index contributed by atoms with van der Waals surface area (Å²) in [5.74, 6) is 0.503. The van der Waals surface area contributed by atoms with Crippen LogP contribution in [0.1, 0.15) is 41.6 Å². The van der Waals surface area contributed by atoms with Gasteiger partial charge >= 0.3 is 0 Å². The van der Waals surface area contributed by atoms with Crippen molar-refractivity contribution >= 4 is 18.3 Å². The molecule has 0 spiro atoms. The van der Waals surface area contributed by atoms with Crippen molar-refractivity contribution in [2.24, 2.45) is 0 Å². The van der Waals surface area contributed by atoms with Gasteiger partial charge in [0, 0.05) is 5.54 Å². The fourth-order valence-corrected chi connectivity index (χ4v) is 2.25. The van der Waals surface area contributed by atoms with E-state index in [1.807, 2.05) is 0 Å². The maximum Gasteiger partial charge on any atom is 0.257 e. The topological polar surface area (TPSA) is 67.2 Å². The largest absolute Gasteiger partial charge is 0.361 e. The minimum atomic E-state index is -0.127. The zero-order chi connectivity index (χ0) is 12.5. The fourth-order valence-electron chi connectivity index (χ4n) is 2.25. The van der Waals surface area contributed by atoms with Gasteiger partial charge in [-0.1, -0.05) is 5.16 Å². The van der Waals surface area contributed by atoms with Gasteiger partial charge in [-0.25, -0.2) is 0 Å². The van der Waals surface area contributed by atoms with Crippen molar-refractivity contribution in [3.63, 3.8) is 0 Å². The summed E-state index contributed by atoms with van der Waals surface area (Å²) >= 11 is 0. The number of hydrogen-bond donors (Lipinski definition) is 2. The van der Waals surface area contributed by atoms with Crippen LogP contribution in [-0.4, -0.2) is 29.7 Å². The number of aryl methyl sites for hydroxylation is 2. The van der Waals surface area contributed by atoms with Gasteiger partial charge in [0.2, 0.25) is 0 Å². The molecule has 1 aliphatic heterocycles. The van der Waals surface area contributed by atoms with Crippen molar-refractivity contribution in [1.29, 1.82) is 0 Å². The van der Waals surface area contributed by atoms with Crippen molar-refractivity contribution in [2.75, 3.05) is 13.1 Å². The molecule has 1 aliphatic rings. The van der Waals surface area contributed by atoms with Gasteiger partial charge in [0.05, 0.1) is 5.69 Å². The van der Waals surface area contributed by atoms with Crippen LogP contribution in [0, 0.1) is 13.8 Å². The summed E-state index contributed by atoms with van der Waals surface area (Å²) in [5.41, 5.74) is 1.10. The lowest BCUT2D eigenvalue weighted by Crippen LogP contribution is -2.52. The van der Waals surface area contributed by atoms with Crippen molar-refractivity contribution in [1.82, 2.24) is 15.8 Å². The highest BCUT2D eigenvalue weighted by Gasteiger charge is 2.30. The number of nitrogens with one attached hydrogen (secondary N) is 2. The molecule has 1 fully saturated rings. The van der Waals surface area contributed by atoms with E-state index in [2.05, 4.69) is 22.7 Å². The standard InChI is InChI=1S/C12H19N3O2.ClH/c1-8-10(9(2)17-15-8)11(16)14-12(3)4-6-13-7-5-12;/h13H,4-7H2,1-3H3,(H,14,16);1H. The molecule has 18 heavy (non-hydrogen) atoms. The van der Waals surface area contributed by atoms with Crippen molar-refractivity contribution < 1.29 is 9.32 Å². The first kappa shape index (κ1) is 15.0. The lowest BCUT2D eigenvalue weighted by Gasteiger charge is -2.34. The lowest BCUT2D eigenvalue weighted by atomic mass is 9.90. The first-order valence-electron chi connectivity index (χ1n) is 5.98. The molecular weight excluding hydrogens is 254 g/mol. The van der Waals surface area contributed by atoms with Gasteiger partial charge in [-0.3, -0.25) is 4.79 Å². The summed E-state index contributed by atoms with van der Waals surface area (Å²) in [7, 11) is 0. The molecule has 1 amide bonds. The van der Waals surface area contributed by atoms with Gasteiger partial charge in [-0.2, -0.15) is 0 Å². The van der Waals surface area contributed by atoms with E-state index < -0.39 is 0 Å². The van der Waals surface area contributed by atoms with E-state index in [0.717, 1.165) is 25.9 Å². The number of hydrogen-bond acceptors (Lipinski definition) is 4. The van der Waals surface area contributed by atoms with Crippen LogP contribution in [0.2, 0.25) is 0 Å². The van der Waals surface area contributed by atoms with Crippen LogP contribution in [0.5, 0.6) is 0 Å². The monoisotopic (exact) mass is 273 g/mol. The highest BCUT2D eigenvalue weighted by molar-refractivity contribution is 5.96. The Balaban J connectivity index is 0.00000162. The van der Waals surface area contributed by atoms with Crippen LogP contribution in [0.4, 0.5) is 0 Å². The molecule has 2 rings (SSSR count). The van der Waals surface area contributed by atoms with Gasteiger partial charge in [-0.05, 0) is 46.7 Å². The average Bonchev–Trinajstić information content (AvgIpc) is 2.58. The van der Waals surface area contributed by atoms with Gasteiger partial charge in [0.1, 0.15) is 11.3 Å². The van der Waals surface area contributed by atoms with E-state index in [1.54, 1.807) is 13.8 Å². The molecule has 0 unspecified atom stereocenters. The second-order valence-electron chi connectivity index (χ2n) is 4.96. The molecule has 2 N–H and O–H groups in total. The molecule has 0 aromatic carbocycles. The molecule has 0 aliphatic carbocycles. The predicted octanol–water partition coefficient (Wildman–Crippen LogP) is 1.59. The van der Waals surface area contributed by atoms with Gasteiger partial charge in [0.25, 0.3) is 5.91 Å². The van der Waals surface area contributed by atoms with Crippen molar-refractivity contribution in [3.8, 4) is 0 Å². The van der Waals surface area contributed by atoms with Crippen LogP contribution < -0.4 is 10.6 Å². The van der Waals surface area contributed by atoms with E-state index in [-0.39, 0.29) is 23.9 Å². The molecule has 1 aromatic heterocycles. The molecular formula is C12H20ClN3O2. The summed E-state index contributed by atoms with van der Waals surface area (Å²) in [6.07, 6.45) is 1.89. The molecule has 0 saturated carbocycles. The zero-order valence-electron chi connectivity index (χ0n) is 11.0. The number of halogens is 1.